The number of aryl methyl sites for hydroxylation is 1. The monoisotopic (exact) mass is 344 g/mol. The van der Waals surface area contributed by atoms with E-state index in [9.17, 15) is 9.18 Å². The van der Waals surface area contributed by atoms with Crippen molar-refractivity contribution in [3.63, 3.8) is 0 Å². The third-order valence-electron chi connectivity index (χ3n) is 3.57. The van der Waals surface area contributed by atoms with Crippen molar-refractivity contribution in [1.82, 2.24) is 15.4 Å². The number of aromatic nitrogens is 2. The molecule has 0 atom stereocenters. The molecule has 130 valence electrons. The molecule has 0 aliphatic heterocycles. The molecule has 0 spiro atoms. The van der Waals surface area contributed by atoms with E-state index in [1.165, 1.54) is 6.07 Å². The zero-order valence-electron chi connectivity index (χ0n) is 13.5. The molecule has 0 unspecified atom stereocenters. The number of carbonyl (C=O) groups is 1. The number of fused-ring (bicyclic) bond motifs is 1. The van der Waals surface area contributed by atoms with Crippen molar-refractivity contribution in [2.45, 2.75) is 6.92 Å². The zero-order chi connectivity index (χ0) is 17.8. The van der Waals surface area contributed by atoms with E-state index in [0.29, 0.717) is 16.6 Å². The summed E-state index contributed by atoms with van der Waals surface area (Å²) in [5, 5.41) is 12.3. The number of rotatable bonds is 6. The second-order valence-electron chi connectivity index (χ2n) is 5.41. The van der Waals surface area contributed by atoms with Crippen LogP contribution < -0.4 is 10.8 Å². The predicted molar refractivity (Wildman–Crippen MR) is 91.0 cm³/mol. The molecule has 0 aliphatic rings. The molecule has 0 aliphatic carbocycles. The SMILES string of the molecule is Cc1ccc(Nc2c(C(=O)NOCCO)[nH]c3ccncc23)c(F)c1. The molecule has 1 amide bonds. The number of nitrogens with zero attached hydrogens (tertiary/aromatic N) is 1. The lowest BCUT2D eigenvalue weighted by Crippen LogP contribution is -2.26. The number of amides is 1. The molecule has 3 aromatic rings. The van der Waals surface area contributed by atoms with Crippen molar-refractivity contribution >= 4 is 28.2 Å². The Labute approximate surface area is 142 Å². The fraction of sp³-hybridized carbons (Fsp3) is 0.176. The van der Waals surface area contributed by atoms with Crippen molar-refractivity contribution in [3.05, 3.63) is 53.7 Å². The minimum atomic E-state index is -0.556. The van der Waals surface area contributed by atoms with Gasteiger partial charge in [-0.05, 0) is 30.7 Å². The Hall–Kier alpha value is -2.97. The van der Waals surface area contributed by atoms with Crippen LogP contribution in [0, 0.1) is 12.7 Å². The Bertz CT molecular complexity index is 910. The number of H-pyrrole nitrogens is 1. The first kappa shape index (κ1) is 16.9. The molecule has 0 radical (unpaired) electrons. The van der Waals surface area contributed by atoms with Crippen LogP contribution in [-0.2, 0) is 4.84 Å². The summed E-state index contributed by atoms with van der Waals surface area (Å²) in [5.74, 6) is -0.985. The van der Waals surface area contributed by atoms with Gasteiger partial charge in [0.05, 0.1) is 30.1 Å². The highest BCUT2D eigenvalue weighted by Gasteiger charge is 2.19. The van der Waals surface area contributed by atoms with E-state index in [1.807, 2.05) is 0 Å². The molecule has 3 rings (SSSR count). The van der Waals surface area contributed by atoms with Crippen molar-refractivity contribution in [2.24, 2.45) is 0 Å². The summed E-state index contributed by atoms with van der Waals surface area (Å²) in [6.07, 6.45) is 3.16. The molecule has 4 N–H and O–H groups in total. The summed E-state index contributed by atoms with van der Waals surface area (Å²) in [6, 6.07) is 6.48. The summed E-state index contributed by atoms with van der Waals surface area (Å²) >= 11 is 0. The molecule has 7 nitrogen and oxygen atoms in total. The summed E-state index contributed by atoms with van der Waals surface area (Å²) in [7, 11) is 0. The van der Waals surface area contributed by atoms with Gasteiger partial charge in [0.25, 0.3) is 5.91 Å². The normalized spacial score (nSPS) is 10.8. The fourth-order valence-electron chi connectivity index (χ4n) is 2.40. The van der Waals surface area contributed by atoms with Crippen LogP contribution in [0.5, 0.6) is 0 Å². The number of aliphatic hydroxyl groups excluding tert-OH is 1. The molecule has 8 heteroatoms. The number of carbonyl (C=O) groups excluding carboxylic acids is 1. The minimum absolute atomic E-state index is 0.0388. The van der Waals surface area contributed by atoms with Crippen LogP contribution in [0.25, 0.3) is 10.9 Å². The maximum atomic E-state index is 14.2. The lowest BCUT2D eigenvalue weighted by atomic mass is 10.2. The van der Waals surface area contributed by atoms with Gasteiger partial charge in [0.2, 0.25) is 0 Å². The van der Waals surface area contributed by atoms with Gasteiger partial charge in [-0.3, -0.25) is 14.6 Å². The molecule has 0 saturated carbocycles. The maximum Gasteiger partial charge on any atom is 0.293 e. The Balaban J connectivity index is 1.99. The van der Waals surface area contributed by atoms with Crippen molar-refractivity contribution in [3.8, 4) is 0 Å². The fourth-order valence-corrected chi connectivity index (χ4v) is 2.40. The lowest BCUT2D eigenvalue weighted by molar-refractivity contribution is 0.0166. The second kappa shape index (κ2) is 7.29. The number of hydrogen-bond donors (Lipinski definition) is 4. The van der Waals surface area contributed by atoms with Crippen LogP contribution in [0.3, 0.4) is 0 Å². The number of benzene rings is 1. The average Bonchev–Trinajstić information content (AvgIpc) is 2.96. The van der Waals surface area contributed by atoms with Crippen molar-refractivity contribution in [2.75, 3.05) is 18.5 Å². The number of hydrogen-bond acceptors (Lipinski definition) is 5. The Kier molecular flexibility index (Phi) is 4.92. The Morgan fingerprint density at radius 2 is 2.24 bits per heavy atom. The molecule has 1 aromatic carbocycles. The first-order valence-electron chi connectivity index (χ1n) is 7.62. The number of aromatic amines is 1. The number of nitrogens with one attached hydrogen (secondary N) is 3. The number of halogens is 1. The van der Waals surface area contributed by atoms with Crippen LogP contribution in [0.1, 0.15) is 16.1 Å². The van der Waals surface area contributed by atoms with E-state index in [4.69, 9.17) is 9.94 Å². The summed E-state index contributed by atoms with van der Waals surface area (Å²) < 4.78 is 14.2. The highest BCUT2D eigenvalue weighted by molar-refractivity contribution is 6.08. The van der Waals surface area contributed by atoms with Crippen LogP contribution in [-0.4, -0.2) is 34.2 Å². The highest BCUT2D eigenvalue weighted by Crippen LogP contribution is 2.31. The van der Waals surface area contributed by atoms with Gasteiger partial charge in [-0.15, -0.1) is 0 Å². The van der Waals surface area contributed by atoms with Gasteiger partial charge in [0.1, 0.15) is 11.5 Å². The van der Waals surface area contributed by atoms with Gasteiger partial charge in [0.15, 0.2) is 0 Å². The minimum Gasteiger partial charge on any atom is -0.394 e. The largest absolute Gasteiger partial charge is 0.394 e. The Morgan fingerprint density at radius 1 is 1.40 bits per heavy atom. The van der Waals surface area contributed by atoms with Crippen LogP contribution in [0.4, 0.5) is 15.8 Å². The summed E-state index contributed by atoms with van der Waals surface area (Å²) in [5.41, 5.74) is 4.47. The highest BCUT2D eigenvalue weighted by atomic mass is 19.1. The molecule has 0 fully saturated rings. The van der Waals surface area contributed by atoms with Crippen LogP contribution in [0.2, 0.25) is 0 Å². The van der Waals surface area contributed by atoms with Gasteiger partial charge < -0.3 is 15.4 Å². The number of pyridine rings is 1. The van der Waals surface area contributed by atoms with Crippen LogP contribution in [0.15, 0.2) is 36.7 Å². The standard InChI is InChI=1S/C17H17FN4O3/c1-10-2-3-14(12(18)8-10)21-15-11-9-19-5-4-13(11)20-16(15)17(24)22-25-7-6-23/h2-5,8-9,20-21,23H,6-7H2,1H3,(H,22,24). The third kappa shape index (κ3) is 3.59. The molecular weight excluding hydrogens is 327 g/mol. The third-order valence-corrected chi connectivity index (χ3v) is 3.57. The van der Waals surface area contributed by atoms with E-state index < -0.39 is 11.7 Å². The summed E-state index contributed by atoms with van der Waals surface area (Å²) in [4.78, 5) is 24.2. The van der Waals surface area contributed by atoms with Crippen molar-refractivity contribution < 1.29 is 19.1 Å². The molecule has 0 saturated heterocycles. The van der Waals surface area contributed by atoms with E-state index in [-0.39, 0.29) is 24.6 Å². The van der Waals surface area contributed by atoms with E-state index in [0.717, 1.165) is 5.56 Å². The topological polar surface area (TPSA) is 99.3 Å². The molecule has 2 heterocycles. The molecule has 25 heavy (non-hydrogen) atoms. The van der Waals surface area contributed by atoms with E-state index >= 15 is 0 Å². The van der Waals surface area contributed by atoms with E-state index in [2.05, 4.69) is 20.8 Å². The Morgan fingerprint density at radius 3 is 3.00 bits per heavy atom. The molecular formula is C17H17FN4O3. The molecule has 2 aromatic heterocycles. The van der Waals surface area contributed by atoms with Gasteiger partial charge >= 0.3 is 0 Å². The van der Waals surface area contributed by atoms with Gasteiger partial charge in [0, 0.05) is 17.8 Å². The van der Waals surface area contributed by atoms with E-state index in [1.54, 1.807) is 37.5 Å². The number of aliphatic hydroxyl groups is 1. The van der Waals surface area contributed by atoms with Gasteiger partial charge in [-0.2, -0.15) is 0 Å². The first-order chi connectivity index (χ1) is 12.1. The van der Waals surface area contributed by atoms with Gasteiger partial charge in [-0.1, -0.05) is 6.07 Å². The first-order valence-corrected chi connectivity index (χ1v) is 7.62. The maximum absolute atomic E-state index is 14.2. The lowest BCUT2D eigenvalue weighted by Gasteiger charge is -2.10. The summed E-state index contributed by atoms with van der Waals surface area (Å²) in [6.45, 7) is 1.53. The van der Waals surface area contributed by atoms with Crippen molar-refractivity contribution in [1.29, 1.82) is 0 Å². The number of hydroxylamine groups is 1. The molecule has 0 bridgehead atoms. The number of anilines is 2. The van der Waals surface area contributed by atoms with Crippen LogP contribution >= 0.6 is 0 Å². The smallest absolute Gasteiger partial charge is 0.293 e. The average molecular weight is 344 g/mol. The second-order valence-corrected chi connectivity index (χ2v) is 5.41. The predicted octanol–water partition coefficient (Wildman–Crippen LogP) is 2.41. The zero-order valence-corrected chi connectivity index (χ0v) is 13.5. The quantitative estimate of drug-likeness (QED) is 0.406. The van der Waals surface area contributed by atoms with Gasteiger partial charge in [-0.25, -0.2) is 9.87 Å².